The van der Waals surface area contributed by atoms with Gasteiger partial charge in [0.2, 0.25) is 0 Å². The fraction of sp³-hybridized carbons (Fsp3) is 0.0952. The number of carbonyl (C=O) groups is 1. The zero-order valence-electron chi connectivity index (χ0n) is 13.8. The molecule has 25 heavy (non-hydrogen) atoms. The van der Waals surface area contributed by atoms with Gasteiger partial charge in [0.15, 0.2) is 0 Å². The zero-order chi connectivity index (χ0) is 17.5. The van der Waals surface area contributed by atoms with Crippen molar-refractivity contribution in [3.05, 3.63) is 90.0 Å². The Bertz CT molecular complexity index is 809. The summed E-state index contributed by atoms with van der Waals surface area (Å²) >= 11 is 0. The molecule has 0 amide bonds. The highest BCUT2D eigenvalue weighted by Gasteiger charge is 2.07. The highest BCUT2D eigenvalue weighted by molar-refractivity contribution is 5.67. The highest BCUT2D eigenvalue weighted by atomic mass is 16.7. The average molecular weight is 334 g/mol. The van der Waals surface area contributed by atoms with Gasteiger partial charge >= 0.3 is 6.16 Å². The van der Waals surface area contributed by atoms with Gasteiger partial charge in [-0.1, -0.05) is 42.5 Å². The second kappa shape index (κ2) is 8.02. The van der Waals surface area contributed by atoms with Crippen molar-refractivity contribution < 1.29 is 19.0 Å². The Morgan fingerprint density at radius 2 is 1.16 bits per heavy atom. The van der Waals surface area contributed by atoms with Crippen LogP contribution in [0.1, 0.15) is 11.1 Å². The smallest absolute Gasteiger partial charge is 0.497 e. The molecule has 0 N–H and O–H groups in total. The molecule has 3 aromatic rings. The summed E-state index contributed by atoms with van der Waals surface area (Å²) in [7, 11) is 1.65. The van der Waals surface area contributed by atoms with Crippen LogP contribution in [0.5, 0.6) is 17.2 Å². The molecule has 0 radical (unpaired) electrons. The topological polar surface area (TPSA) is 44.8 Å². The Morgan fingerprint density at radius 1 is 0.680 bits per heavy atom. The number of para-hydroxylation sites is 1. The standard InChI is InChI=1S/C21H18O4/c1-23-18-11-7-16(8-12-18)15-17-9-13-20(14-10-17)25-21(22)24-19-5-3-2-4-6-19/h2-14H,15H2,1H3. The van der Waals surface area contributed by atoms with Gasteiger partial charge in [0.05, 0.1) is 7.11 Å². The minimum absolute atomic E-state index is 0.444. The van der Waals surface area contributed by atoms with E-state index in [4.69, 9.17) is 14.2 Å². The lowest BCUT2D eigenvalue weighted by Gasteiger charge is -2.07. The van der Waals surface area contributed by atoms with Crippen LogP contribution < -0.4 is 14.2 Å². The summed E-state index contributed by atoms with van der Waals surface area (Å²) in [5, 5.41) is 0. The molecule has 0 aliphatic rings. The van der Waals surface area contributed by atoms with Crippen LogP contribution in [0.25, 0.3) is 0 Å². The van der Waals surface area contributed by atoms with Crippen molar-refractivity contribution in [2.24, 2.45) is 0 Å². The Labute approximate surface area is 146 Å². The van der Waals surface area contributed by atoms with Gasteiger partial charge in [0, 0.05) is 0 Å². The molecule has 0 bridgehead atoms. The Kier molecular flexibility index (Phi) is 5.32. The minimum Gasteiger partial charge on any atom is -0.497 e. The van der Waals surface area contributed by atoms with Crippen molar-refractivity contribution in [1.82, 2.24) is 0 Å². The van der Waals surface area contributed by atoms with Crippen LogP contribution >= 0.6 is 0 Å². The van der Waals surface area contributed by atoms with E-state index in [9.17, 15) is 4.79 Å². The predicted molar refractivity (Wildman–Crippen MR) is 95.3 cm³/mol. The highest BCUT2D eigenvalue weighted by Crippen LogP contribution is 2.18. The van der Waals surface area contributed by atoms with Gasteiger partial charge in [-0.3, -0.25) is 0 Å². The molecule has 0 saturated heterocycles. The molecule has 3 aromatic carbocycles. The van der Waals surface area contributed by atoms with Crippen LogP contribution in [0, 0.1) is 0 Å². The van der Waals surface area contributed by atoms with E-state index in [2.05, 4.69) is 0 Å². The second-order valence-corrected chi connectivity index (χ2v) is 5.44. The number of methoxy groups -OCH3 is 1. The first kappa shape index (κ1) is 16.6. The summed E-state index contributed by atoms with van der Waals surface area (Å²) in [6, 6.07) is 24.1. The fourth-order valence-electron chi connectivity index (χ4n) is 2.36. The molecular weight excluding hydrogens is 316 g/mol. The lowest BCUT2D eigenvalue weighted by molar-refractivity contribution is 0.152. The molecule has 0 heterocycles. The first-order valence-electron chi connectivity index (χ1n) is 7.89. The molecule has 0 aromatic heterocycles. The summed E-state index contributed by atoms with van der Waals surface area (Å²) in [4.78, 5) is 11.8. The molecule has 126 valence electrons. The predicted octanol–water partition coefficient (Wildman–Crippen LogP) is 4.86. The van der Waals surface area contributed by atoms with E-state index in [1.165, 1.54) is 5.56 Å². The van der Waals surface area contributed by atoms with Crippen molar-refractivity contribution in [2.45, 2.75) is 6.42 Å². The Hall–Kier alpha value is -3.27. The molecule has 3 rings (SSSR count). The number of ether oxygens (including phenoxy) is 3. The monoisotopic (exact) mass is 334 g/mol. The maximum Gasteiger partial charge on any atom is 0.519 e. The van der Waals surface area contributed by atoms with Crippen molar-refractivity contribution in [2.75, 3.05) is 7.11 Å². The van der Waals surface area contributed by atoms with E-state index < -0.39 is 6.16 Å². The molecule has 4 heteroatoms. The van der Waals surface area contributed by atoms with Gasteiger partial charge in [0.25, 0.3) is 0 Å². The molecule has 0 atom stereocenters. The number of carbonyl (C=O) groups excluding carboxylic acids is 1. The van der Waals surface area contributed by atoms with Gasteiger partial charge in [-0.05, 0) is 53.9 Å². The second-order valence-electron chi connectivity index (χ2n) is 5.44. The summed E-state index contributed by atoms with van der Waals surface area (Å²) in [5.41, 5.74) is 2.30. The molecule has 0 aliphatic carbocycles. The summed E-state index contributed by atoms with van der Waals surface area (Å²) in [6.07, 6.45) is 0.0350. The van der Waals surface area contributed by atoms with Crippen LogP contribution in [0.2, 0.25) is 0 Å². The van der Waals surface area contributed by atoms with Crippen molar-refractivity contribution in [1.29, 1.82) is 0 Å². The van der Waals surface area contributed by atoms with E-state index in [0.29, 0.717) is 11.5 Å². The molecule has 0 aliphatic heterocycles. The maximum atomic E-state index is 11.8. The van der Waals surface area contributed by atoms with Crippen LogP contribution in [0.15, 0.2) is 78.9 Å². The molecular formula is C21H18O4. The number of hydrogen-bond acceptors (Lipinski definition) is 4. The normalized spacial score (nSPS) is 10.1. The first-order valence-corrected chi connectivity index (χ1v) is 7.89. The van der Waals surface area contributed by atoms with E-state index in [1.54, 1.807) is 43.5 Å². The molecule has 0 unspecified atom stereocenters. The maximum absolute atomic E-state index is 11.8. The summed E-state index contributed by atoms with van der Waals surface area (Å²) in [6.45, 7) is 0. The third-order valence-corrected chi connectivity index (χ3v) is 3.64. The average Bonchev–Trinajstić information content (AvgIpc) is 2.65. The van der Waals surface area contributed by atoms with Gasteiger partial charge < -0.3 is 14.2 Å². The molecule has 0 saturated carbocycles. The summed E-state index contributed by atoms with van der Waals surface area (Å²) in [5.74, 6) is 1.73. The SMILES string of the molecule is COc1ccc(Cc2ccc(OC(=O)Oc3ccccc3)cc2)cc1. The van der Waals surface area contributed by atoms with Gasteiger partial charge in [-0.2, -0.15) is 0 Å². The van der Waals surface area contributed by atoms with E-state index >= 15 is 0 Å². The quantitative estimate of drug-likeness (QED) is 0.493. The van der Waals surface area contributed by atoms with E-state index in [1.807, 2.05) is 42.5 Å². The Balaban J connectivity index is 1.57. The van der Waals surface area contributed by atoms with Crippen LogP contribution in [-0.4, -0.2) is 13.3 Å². The number of rotatable bonds is 5. The van der Waals surface area contributed by atoms with Gasteiger partial charge in [-0.15, -0.1) is 0 Å². The van der Waals surface area contributed by atoms with E-state index in [0.717, 1.165) is 17.7 Å². The minimum atomic E-state index is -0.755. The van der Waals surface area contributed by atoms with Crippen molar-refractivity contribution in [3.8, 4) is 17.2 Å². The lowest BCUT2D eigenvalue weighted by Crippen LogP contribution is -2.13. The van der Waals surface area contributed by atoms with Crippen molar-refractivity contribution in [3.63, 3.8) is 0 Å². The third-order valence-electron chi connectivity index (χ3n) is 3.64. The summed E-state index contributed by atoms with van der Waals surface area (Å²) < 4.78 is 15.4. The third kappa shape index (κ3) is 4.85. The van der Waals surface area contributed by atoms with Crippen LogP contribution in [0.3, 0.4) is 0 Å². The van der Waals surface area contributed by atoms with Gasteiger partial charge in [-0.25, -0.2) is 4.79 Å². The van der Waals surface area contributed by atoms with Gasteiger partial charge in [0.1, 0.15) is 17.2 Å². The van der Waals surface area contributed by atoms with Crippen molar-refractivity contribution >= 4 is 6.16 Å². The zero-order valence-corrected chi connectivity index (χ0v) is 13.8. The fourth-order valence-corrected chi connectivity index (χ4v) is 2.36. The first-order chi connectivity index (χ1) is 12.2. The Morgan fingerprint density at radius 3 is 1.68 bits per heavy atom. The molecule has 0 fully saturated rings. The molecule has 4 nitrogen and oxygen atoms in total. The van der Waals surface area contributed by atoms with Crippen LogP contribution in [-0.2, 0) is 6.42 Å². The molecule has 0 spiro atoms. The number of benzene rings is 3. The lowest BCUT2D eigenvalue weighted by atomic mass is 10.0. The largest absolute Gasteiger partial charge is 0.519 e. The van der Waals surface area contributed by atoms with Crippen LogP contribution in [0.4, 0.5) is 4.79 Å². The number of hydrogen-bond donors (Lipinski definition) is 0. The van der Waals surface area contributed by atoms with E-state index in [-0.39, 0.29) is 0 Å².